The number of hydrogen-bond donors (Lipinski definition) is 3. The van der Waals surface area contributed by atoms with Gasteiger partial charge in [0.1, 0.15) is 18.5 Å². The molecule has 120 valence electrons. The van der Waals surface area contributed by atoms with Gasteiger partial charge in [0, 0.05) is 19.7 Å². The standard InChI is InChI=1S/C16H27NO4/c1-3-14(11-18)17-10-15(19)12-21-16-6-4-13(5-7-16)8-9-20-2/h4-7,14-15,17-19H,3,8-12H2,1-2H3/t14-,15+/m1/s1. The van der Waals surface area contributed by atoms with Crippen LogP contribution in [0.15, 0.2) is 24.3 Å². The second-order valence-corrected chi connectivity index (χ2v) is 5.05. The average molecular weight is 297 g/mol. The van der Waals surface area contributed by atoms with Gasteiger partial charge in [-0.25, -0.2) is 0 Å². The molecule has 0 amide bonds. The van der Waals surface area contributed by atoms with Gasteiger partial charge in [-0.15, -0.1) is 0 Å². The predicted molar refractivity (Wildman–Crippen MR) is 82.7 cm³/mol. The Morgan fingerprint density at radius 1 is 1.24 bits per heavy atom. The Kier molecular flexibility index (Phi) is 9.01. The summed E-state index contributed by atoms with van der Waals surface area (Å²) in [6.07, 6.45) is 1.11. The van der Waals surface area contributed by atoms with Crippen LogP contribution in [0.2, 0.25) is 0 Å². The van der Waals surface area contributed by atoms with Crippen molar-refractivity contribution in [2.24, 2.45) is 0 Å². The van der Waals surface area contributed by atoms with E-state index in [1.807, 2.05) is 31.2 Å². The minimum atomic E-state index is -0.598. The number of aliphatic hydroxyl groups excluding tert-OH is 2. The summed E-state index contributed by atoms with van der Waals surface area (Å²) >= 11 is 0. The molecule has 0 aliphatic carbocycles. The molecule has 0 heterocycles. The quantitative estimate of drug-likeness (QED) is 0.568. The first-order valence-electron chi connectivity index (χ1n) is 7.42. The van der Waals surface area contributed by atoms with Crippen molar-refractivity contribution in [1.82, 2.24) is 5.32 Å². The molecule has 0 radical (unpaired) electrons. The van der Waals surface area contributed by atoms with E-state index in [2.05, 4.69) is 5.32 Å². The van der Waals surface area contributed by atoms with Gasteiger partial charge in [-0.1, -0.05) is 19.1 Å². The van der Waals surface area contributed by atoms with Crippen LogP contribution in [0.3, 0.4) is 0 Å². The highest BCUT2D eigenvalue weighted by molar-refractivity contribution is 5.27. The highest BCUT2D eigenvalue weighted by Crippen LogP contribution is 2.13. The minimum Gasteiger partial charge on any atom is -0.491 e. The van der Waals surface area contributed by atoms with E-state index >= 15 is 0 Å². The van der Waals surface area contributed by atoms with Crippen molar-refractivity contribution in [3.05, 3.63) is 29.8 Å². The summed E-state index contributed by atoms with van der Waals surface area (Å²) in [4.78, 5) is 0. The molecular formula is C16H27NO4. The average Bonchev–Trinajstić information content (AvgIpc) is 2.53. The summed E-state index contributed by atoms with van der Waals surface area (Å²) in [5.41, 5.74) is 1.19. The van der Waals surface area contributed by atoms with Crippen molar-refractivity contribution >= 4 is 0 Å². The maximum absolute atomic E-state index is 9.84. The van der Waals surface area contributed by atoms with Gasteiger partial charge in [0.25, 0.3) is 0 Å². The number of methoxy groups -OCH3 is 1. The summed E-state index contributed by atoms with van der Waals surface area (Å²) in [5, 5.41) is 22.0. The zero-order valence-corrected chi connectivity index (χ0v) is 12.9. The van der Waals surface area contributed by atoms with E-state index in [0.717, 1.165) is 18.6 Å². The van der Waals surface area contributed by atoms with Crippen LogP contribution in [0.1, 0.15) is 18.9 Å². The van der Waals surface area contributed by atoms with Gasteiger partial charge in [-0.05, 0) is 30.5 Å². The van der Waals surface area contributed by atoms with Crippen LogP contribution in [0.4, 0.5) is 0 Å². The summed E-state index contributed by atoms with van der Waals surface area (Å²) in [7, 11) is 1.69. The summed E-state index contributed by atoms with van der Waals surface area (Å²) in [6.45, 7) is 3.40. The van der Waals surface area contributed by atoms with Gasteiger partial charge >= 0.3 is 0 Å². The monoisotopic (exact) mass is 297 g/mol. The first kappa shape index (κ1) is 17.9. The number of aliphatic hydroxyl groups is 2. The Labute approximate surface area is 126 Å². The molecule has 0 aromatic heterocycles. The fourth-order valence-electron chi connectivity index (χ4n) is 1.86. The van der Waals surface area contributed by atoms with Gasteiger partial charge in [0.15, 0.2) is 0 Å². The largest absolute Gasteiger partial charge is 0.491 e. The Morgan fingerprint density at radius 2 is 1.95 bits per heavy atom. The van der Waals surface area contributed by atoms with Crippen molar-refractivity contribution in [1.29, 1.82) is 0 Å². The molecule has 0 spiro atoms. The number of hydrogen-bond acceptors (Lipinski definition) is 5. The number of nitrogens with one attached hydrogen (secondary N) is 1. The molecular weight excluding hydrogens is 270 g/mol. The van der Waals surface area contributed by atoms with Crippen molar-refractivity contribution in [2.45, 2.75) is 31.9 Å². The molecule has 0 bridgehead atoms. The number of ether oxygens (including phenoxy) is 2. The van der Waals surface area contributed by atoms with Gasteiger partial charge < -0.3 is 25.0 Å². The highest BCUT2D eigenvalue weighted by atomic mass is 16.5. The topological polar surface area (TPSA) is 71.0 Å². The molecule has 3 N–H and O–H groups in total. The first-order chi connectivity index (χ1) is 10.2. The van der Waals surface area contributed by atoms with Crippen molar-refractivity contribution in [3.63, 3.8) is 0 Å². The van der Waals surface area contributed by atoms with Gasteiger partial charge in [-0.2, -0.15) is 0 Å². The summed E-state index contributed by atoms with van der Waals surface area (Å²) < 4.78 is 10.6. The fraction of sp³-hybridized carbons (Fsp3) is 0.625. The molecule has 0 saturated carbocycles. The van der Waals surface area contributed by atoms with E-state index in [4.69, 9.17) is 14.6 Å². The third kappa shape index (κ3) is 7.43. The molecule has 0 aliphatic heterocycles. The lowest BCUT2D eigenvalue weighted by Crippen LogP contribution is -2.39. The van der Waals surface area contributed by atoms with Crippen LogP contribution in [-0.2, 0) is 11.2 Å². The van der Waals surface area contributed by atoms with Crippen molar-refractivity contribution in [3.8, 4) is 5.75 Å². The van der Waals surface area contributed by atoms with E-state index in [1.165, 1.54) is 5.56 Å². The lowest BCUT2D eigenvalue weighted by Gasteiger charge is -2.18. The van der Waals surface area contributed by atoms with E-state index in [-0.39, 0.29) is 19.3 Å². The Hall–Kier alpha value is -1.14. The normalized spacial score (nSPS) is 13.9. The minimum absolute atomic E-state index is 0.0275. The second-order valence-electron chi connectivity index (χ2n) is 5.05. The molecule has 5 nitrogen and oxygen atoms in total. The summed E-state index contributed by atoms with van der Waals surface area (Å²) in [5.74, 6) is 0.740. The molecule has 1 aromatic carbocycles. The molecule has 1 rings (SSSR count). The summed E-state index contributed by atoms with van der Waals surface area (Å²) in [6, 6.07) is 7.82. The number of rotatable bonds is 11. The van der Waals surface area contributed by atoms with Crippen LogP contribution in [-0.4, -0.2) is 55.8 Å². The van der Waals surface area contributed by atoms with Crippen LogP contribution < -0.4 is 10.1 Å². The zero-order chi connectivity index (χ0) is 15.5. The lowest BCUT2D eigenvalue weighted by atomic mass is 10.1. The third-order valence-corrected chi connectivity index (χ3v) is 3.32. The van der Waals surface area contributed by atoms with E-state index in [0.29, 0.717) is 13.2 Å². The first-order valence-corrected chi connectivity index (χ1v) is 7.42. The molecule has 0 saturated heterocycles. The number of benzene rings is 1. The molecule has 0 aliphatic rings. The van der Waals surface area contributed by atoms with E-state index < -0.39 is 6.10 Å². The fourth-order valence-corrected chi connectivity index (χ4v) is 1.86. The predicted octanol–water partition coefficient (Wildman–Crippen LogP) is 0.976. The molecule has 21 heavy (non-hydrogen) atoms. The van der Waals surface area contributed by atoms with Crippen LogP contribution >= 0.6 is 0 Å². The van der Waals surface area contributed by atoms with Crippen LogP contribution in [0.25, 0.3) is 0 Å². The van der Waals surface area contributed by atoms with Crippen LogP contribution in [0.5, 0.6) is 5.75 Å². The van der Waals surface area contributed by atoms with Crippen molar-refractivity contribution < 1.29 is 19.7 Å². The Bertz CT molecular complexity index is 365. The van der Waals surface area contributed by atoms with E-state index in [9.17, 15) is 5.11 Å². The van der Waals surface area contributed by atoms with Gasteiger partial charge in [-0.3, -0.25) is 0 Å². The second kappa shape index (κ2) is 10.6. The smallest absolute Gasteiger partial charge is 0.119 e. The van der Waals surface area contributed by atoms with E-state index in [1.54, 1.807) is 7.11 Å². The lowest BCUT2D eigenvalue weighted by molar-refractivity contribution is 0.0995. The Balaban J connectivity index is 2.27. The van der Waals surface area contributed by atoms with Crippen molar-refractivity contribution in [2.75, 3.05) is 33.5 Å². The maximum atomic E-state index is 9.84. The molecule has 0 unspecified atom stereocenters. The van der Waals surface area contributed by atoms with Gasteiger partial charge in [0.2, 0.25) is 0 Å². The maximum Gasteiger partial charge on any atom is 0.119 e. The molecule has 1 aromatic rings. The Morgan fingerprint density at radius 3 is 2.52 bits per heavy atom. The SMILES string of the molecule is CC[C@H](CO)NC[C@H](O)COc1ccc(CCOC)cc1. The molecule has 5 heteroatoms. The molecule has 2 atom stereocenters. The van der Waals surface area contributed by atoms with Crippen LogP contribution in [0, 0.1) is 0 Å². The van der Waals surface area contributed by atoms with Gasteiger partial charge in [0.05, 0.1) is 13.2 Å². The third-order valence-electron chi connectivity index (χ3n) is 3.32. The highest BCUT2D eigenvalue weighted by Gasteiger charge is 2.09. The zero-order valence-electron chi connectivity index (χ0n) is 12.9. The molecule has 0 fully saturated rings.